The summed E-state index contributed by atoms with van der Waals surface area (Å²) in [4.78, 5) is 0. The molecule has 78 valence electrons. The molecule has 1 aromatic heterocycles. The molecule has 0 unspecified atom stereocenters. The summed E-state index contributed by atoms with van der Waals surface area (Å²) in [6.07, 6.45) is 8.57. The number of nitrogens with zero attached hydrogens (tertiary/aromatic N) is 3. The molecule has 0 amide bonds. The molecule has 14 heavy (non-hydrogen) atoms. The standard InChI is InChI=1S/C11H19N3/c1-9(2)11-8-12-13-14(11)10-6-4-3-5-7-10/h8-10H,3-7H2,1-2H3. The second-order valence-corrected chi connectivity index (χ2v) is 4.55. The molecule has 0 aromatic carbocycles. The molecule has 1 aliphatic carbocycles. The zero-order chi connectivity index (χ0) is 9.97. The molecule has 1 aliphatic rings. The van der Waals surface area contributed by atoms with Crippen molar-refractivity contribution in [3.63, 3.8) is 0 Å². The molecule has 2 rings (SSSR count). The summed E-state index contributed by atoms with van der Waals surface area (Å²) in [5.41, 5.74) is 1.29. The summed E-state index contributed by atoms with van der Waals surface area (Å²) < 4.78 is 2.16. The minimum atomic E-state index is 0.534. The van der Waals surface area contributed by atoms with Gasteiger partial charge in [0.1, 0.15) is 0 Å². The van der Waals surface area contributed by atoms with Gasteiger partial charge in [-0.15, -0.1) is 5.10 Å². The quantitative estimate of drug-likeness (QED) is 0.723. The van der Waals surface area contributed by atoms with Gasteiger partial charge in [0.15, 0.2) is 0 Å². The highest BCUT2D eigenvalue weighted by Gasteiger charge is 2.19. The van der Waals surface area contributed by atoms with Gasteiger partial charge in [-0.3, -0.25) is 0 Å². The van der Waals surface area contributed by atoms with Crippen molar-refractivity contribution in [2.24, 2.45) is 0 Å². The topological polar surface area (TPSA) is 30.7 Å². The Morgan fingerprint density at radius 1 is 1.29 bits per heavy atom. The predicted octanol–water partition coefficient (Wildman–Crippen LogP) is 2.91. The van der Waals surface area contributed by atoms with Gasteiger partial charge in [-0.25, -0.2) is 4.68 Å². The van der Waals surface area contributed by atoms with E-state index in [0.29, 0.717) is 12.0 Å². The molecule has 0 radical (unpaired) electrons. The molecule has 0 saturated heterocycles. The first-order valence-corrected chi connectivity index (χ1v) is 5.69. The van der Waals surface area contributed by atoms with Crippen LogP contribution in [0.1, 0.15) is 63.6 Å². The van der Waals surface area contributed by atoms with Crippen molar-refractivity contribution >= 4 is 0 Å². The average molecular weight is 193 g/mol. The van der Waals surface area contributed by atoms with E-state index in [1.807, 2.05) is 6.20 Å². The summed E-state index contributed by atoms with van der Waals surface area (Å²) in [5, 5.41) is 8.26. The Morgan fingerprint density at radius 3 is 2.64 bits per heavy atom. The largest absolute Gasteiger partial charge is 0.246 e. The minimum Gasteiger partial charge on any atom is -0.246 e. The fourth-order valence-electron chi connectivity index (χ4n) is 2.27. The van der Waals surface area contributed by atoms with Crippen molar-refractivity contribution in [2.45, 2.75) is 57.9 Å². The molecule has 0 spiro atoms. The van der Waals surface area contributed by atoms with E-state index < -0.39 is 0 Å². The van der Waals surface area contributed by atoms with Gasteiger partial charge >= 0.3 is 0 Å². The van der Waals surface area contributed by atoms with Gasteiger partial charge in [0.2, 0.25) is 0 Å². The average Bonchev–Trinajstić information content (AvgIpc) is 2.67. The van der Waals surface area contributed by atoms with E-state index in [9.17, 15) is 0 Å². The van der Waals surface area contributed by atoms with Crippen LogP contribution in [0.2, 0.25) is 0 Å². The van der Waals surface area contributed by atoms with Crippen LogP contribution in [0.25, 0.3) is 0 Å². The molecule has 3 heteroatoms. The zero-order valence-electron chi connectivity index (χ0n) is 9.11. The summed E-state index contributed by atoms with van der Waals surface area (Å²) in [6.45, 7) is 4.41. The Morgan fingerprint density at radius 2 is 2.00 bits per heavy atom. The van der Waals surface area contributed by atoms with Crippen molar-refractivity contribution in [1.29, 1.82) is 0 Å². The van der Waals surface area contributed by atoms with Crippen LogP contribution in [0.15, 0.2) is 6.20 Å². The van der Waals surface area contributed by atoms with Crippen molar-refractivity contribution in [3.8, 4) is 0 Å². The number of aromatic nitrogens is 3. The van der Waals surface area contributed by atoms with Crippen molar-refractivity contribution < 1.29 is 0 Å². The Kier molecular flexibility index (Phi) is 2.85. The zero-order valence-corrected chi connectivity index (χ0v) is 9.11. The van der Waals surface area contributed by atoms with Crippen LogP contribution in [-0.2, 0) is 0 Å². The van der Waals surface area contributed by atoms with Crippen LogP contribution in [0.3, 0.4) is 0 Å². The third-order valence-corrected chi connectivity index (χ3v) is 3.11. The van der Waals surface area contributed by atoms with E-state index >= 15 is 0 Å². The summed E-state index contributed by atoms with van der Waals surface area (Å²) in [6, 6.07) is 0.614. The van der Waals surface area contributed by atoms with Crippen LogP contribution in [0.4, 0.5) is 0 Å². The first kappa shape index (κ1) is 9.69. The highest BCUT2D eigenvalue weighted by molar-refractivity contribution is 5.01. The number of hydrogen-bond acceptors (Lipinski definition) is 2. The lowest BCUT2D eigenvalue weighted by Gasteiger charge is -2.23. The van der Waals surface area contributed by atoms with Gasteiger partial charge in [-0.05, 0) is 18.8 Å². The van der Waals surface area contributed by atoms with Gasteiger partial charge in [0.25, 0.3) is 0 Å². The molecule has 0 atom stereocenters. The van der Waals surface area contributed by atoms with E-state index in [1.165, 1.54) is 37.8 Å². The van der Waals surface area contributed by atoms with Crippen LogP contribution >= 0.6 is 0 Å². The van der Waals surface area contributed by atoms with E-state index in [4.69, 9.17) is 0 Å². The second kappa shape index (κ2) is 4.11. The van der Waals surface area contributed by atoms with Crippen molar-refractivity contribution in [2.75, 3.05) is 0 Å². The molecule has 0 aliphatic heterocycles. The predicted molar refractivity (Wildman–Crippen MR) is 56.2 cm³/mol. The van der Waals surface area contributed by atoms with E-state index in [0.717, 1.165) is 0 Å². The van der Waals surface area contributed by atoms with Gasteiger partial charge in [-0.1, -0.05) is 38.3 Å². The molecule has 0 bridgehead atoms. The molecular weight excluding hydrogens is 174 g/mol. The first-order valence-electron chi connectivity index (χ1n) is 5.69. The molecule has 0 N–H and O–H groups in total. The van der Waals surface area contributed by atoms with Crippen LogP contribution < -0.4 is 0 Å². The second-order valence-electron chi connectivity index (χ2n) is 4.55. The SMILES string of the molecule is CC(C)c1cnnn1C1CCCCC1. The number of hydrogen-bond donors (Lipinski definition) is 0. The normalized spacial score (nSPS) is 19.1. The molecule has 1 fully saturated rings. The maximum Gasteiger partial charge on any atom is 0.0727 e. The first-order chi connectivity index (χ1) is 6.79. The lowest BCUT2D eigenvalue weighted by atomic mass is 9.95. The summed E-state index contributed by atoms with van der Waals surface area (Å²) in [7, 11) is 0. The highest BCUT2D eigenvalue weighted by atomic mass is 15.4. The van der Waals surface area contributed by atoms with Crippen molar-refractivity contribution in [3.05, 3.63) is 11.9 Å². The maximum atomic E-state index is 4.23. The smallest absolute Gasteiger partial charge is 0.0727 e. The Hall–Kier alpha value is -0.860. The van der Waals surface area contributed by atoms with Crippen LogP contribution in [-0.4, -0.2) is 15.0 Å². The lowest BCUT2D eigenvalue weighted by molar-refractivity contribution is 0.314. The monoisotopic (exact) mass is 193 g/mol. The third kappa shape index (κ3) is 1.81. The van der Waals surface area contributed by atoms with E-state index in [1.54, 1.807) is 0 Å². The maximum absolute atomic E-state index is 4.23. The van der Waals surface area contributed by atoms with Gasteiger partial charge in [-0.2, -0.15) is 0 Å². The molecular formula is C11H19N3. The Balaban J connectivity index is 2.17. The fraction of sp³-hybridized carbons (Fsp3) is 0.818. The van der Waals surface area contributed by atoms with E-state index in [-0.39, 0.29) is 0 Å². The highest BCUT2D eigenvalue weighted by Crippen LogP contribution is 2.29. The molecule has 3 nitrogen and oxygen atoms in total. The van der Waals surface area contributed by atoms with Gasteiger partial charge in [0.05, 0.1) is 17.9 Å². The van der Waals surface area contributed by atoms with E-state index in [2.05, 4.69) is 28.8 Å². The molecule has 1 heterocycles. The Bertz CT molecular complexity index is 284. The lowest BCUT2D eigenvalue weighted by Crippen LogP contribution is -2.17. The summed E-state index contributed by atoms with van der Waals surface area (Å²) >= 11 is 0. The number of rotatable bonds is 2. The minimum absolute atomic E-state index is 0.534. The molecule has 1 aromatic rings. The Labute approximate surface area is 85.5 Å². The fourth-order valence-corrected chi connectivity index (χ4v) is 2.27. The van der Waals surface area contributed by atoms with Crippen LogP contribution in [0.5, 0.6) is 0 Å². The van der Waals surface area contributed by atoms with Crippen molar-refractivity contribution in [1.82, 2.24) is 15.0 Å². The van der Waals surface area contributed by atoms with Crippen LogP contribution in [0, 0.1) is 0 Å². The van der Waals surface area contributed by atoms with Gasteiger partial charge in [0, 0.05) is 0 Å². The molecule has 1 saturated carbocycles. The van der Waals surface area contributed by atoms with Gasteiger partial charge < -0.3 is 0 Å². The third-order valence-electron chi connectivity index (χ3n) is 3.11. The summed E-state index contributed by atoms with van der Waals surface area (Å²) in [5.74, 6) is 0.534.